The normalized spacial score (nSPS) is 17.1. The van der Waals surface area contributed by atoms with E-state index in [2.05, 4.69) is 17.3 Å². The minimum atomic E-state index is -4.51. The van der Waals surface area contributed by atoms with Crippen molar-refractivity contribution >= 4 is 11.8 Å². The van der Waals surface area contributed by atoms with Gasteiger partial charge in [-0.1, -0.05) is 13.3 Å². The molecule has 0 saturated carbocycles. The molecule has 9 heteroatoms. The smallest absolute Gasteiger partial charge is 0.356 e. The molecular weight excluding hydrogens is 397 g/mol. The minimum absolute atomic E-state index is 0.0181. The van der Waals surface area contributed by atoms with Crippen LogP contribution in [0.3, 0.4) is 0 Å². The maximum absolute atomic E-state index is 12.8. The van der Waals surface area contributed by atoms with Gasteiger partial charge in [-0.3, -0.25) is 9.59 Å². The fourth-order valence-electron chi connectivity index (χ4n) is 3.47. The third-order valence-corrected chi connectivity index (χ3v) is 5.17. The van der Waals surface area contributed by atoms with Crippen molar-refractivity contribution in [3.8, 4) is 5.69 Å². The molecule has 2 aromatic rings. The Hall–Kier alpha value is -2.84. The second-order valence-corrected chi connectivity index (χ2v) is 7.43. The zero-order valence-corrected chi connectivity index (χ0v) is 16.8. The van der Waals surface area contributed by atoms with Crippen LogP contribution in [0.2, 0.25) is 0 Å². The molecule has 1 fully saturated rings. The number of hydrogen-bond acceptors (Lipinski definition) is 3. The highest BCUT2D eigenvalue weighted by Gasteiger charge is 2.33. The van der Waals surface area contributed by atoms with Crippen molar-refractivity contribution in [2.45, 2.75) is 38.8 Å². The first-order valence-corrected chi connectivity index (χ1v) is 10.1. The topological polar surface area (TPSA) is 67.2 Å². The van der Waals surface area contributed by atoms with E-state index in [9.17, 15) is 22.8 Å². The summed E-state index contributed by atoms with van der Waals surface area (Å²) in [6, 6.07) is 7.14. The van der Waals surface area contributed by atoms with E-state index in [0.29, 0.717) is 30.9 Å². The third kappa shape index (κ3) is 5.20. The molecular formula is C21H25F3N4O2. The van der Waals surface area contributed by atoms with Crippen LogP contribution in [-0.2, 0) is 11.0 Å². The van der Waals surface area contributed by atoms with Gasteiger partial charge in [-0.25, -0.2) is 4.68 Å². The van der Waals surface area contributed by atoms with Gasteiger partial charge in [0.25, 0.3) is 5.91 Å². The lowest BCUT2D eigenvalue weighted by atomic mass is 9.96. The van der Waals surface area contributed by atoms with Gasteiger partial charge in [0.2, 0.25) is 5.91 Å². The van der Waals surface area contributed by atoms with Crippen LogP contribution in [0.25, 0.3) is 5.69 Å². The highest BCUT2D eigenvalue weighted by molar-refractivity contribution is 5.95. The molecule has 6 nitrogen and oxygen atoms in total. The molecule has 1 aromatic heterocycles. The predicted molar refractivity (Wildman–Crippen MR) is 105 cm³/mol. The highest BCUT2D eigenvalue weighted by atomic mass is 19.4. The Morgan fingerprint density at radius 3 is 2.57 bits per heavy atom. The van der Waals surface area contributed by atoms with Crippen molar-refractivity contribution in [3.63, 3.8) is 0 Å². The molecule has 0 aliphatic carbocycles. The lowest BCUT2D eigenvalue weighted by molar-refractivity contribution is -0.141. The van der Waals surface area contributed by atoms with E-state index in [0.717, 1.165) is 36.4 Å². The molecule has 1 aliphatic heterocycles. The average Bonchev–Trinajstić information content (AvgIpc) is 3.24. The van der Waals surface area contributed by atoms with E-state index in [1.807, 2.05) is 0 Å². The maximum Gasteiger partial charge on any atom is 0.435 e. The number of halogens is 3. The molecule has 162 valence electrons. The number of alkyl halides is 3. The summed E-state index contributed by atoms with van der Waals surface area (Å²) >= 11 is 0. The quantitative estimate of drug-likeness (QED) is 0.723. The monoisotopic (exact) mass is 422 g/mol. The molecule has 30 heavy (non-hydrogen) atoms. The van der Waals surface area contributed by atoms with E-state index in [1.54, 1.807) is 29.2 Å². The fraction of sp³-hybridized carbons (Fsp3) is 0.476. The first-order valence-electron chi connectivity index (χ1n) is 10.1. The number of nitrogens with one attached hydrogen (secondary N) is 1. The first kappa shape index (κ1) is 21.9. The maximum atomic E-state index is 12.8. The predicted octanol–water partition coefficient (Wildman–Crippen LogP) is 3.66. The Balaban J connectivity index is 1.64. The molecule has 1 saturated heterocycles. The molecule has 0 spiro atoms. The second-order valence-electron chi connectivity index (χ2n) is 7.43. The second kappa shape index (κ2) is 9.32. The summed E-state index contributed by atoms with van der Waals surface area (Å²) < 4.78 is 39.3. The molecule has 1 aliphatic rings. The van der Waals surface area contributed by atoms with Gasteiger partial charge in [0.15, 0.2) is 5.69 Å². The number of rotatable bonds is 6. The molecule has 2 heterocycles. The number of piperidine rings is 1. The van der Waals surface area contributed by atoms with E-state index in [4.69, 9.17) is 0 Å². The number of carbonyl (C=O) groups is 2. The summed E-state index contributed by atoms with van der Waals surface area (Å²) in [5, 5.41) is 6.45. The zero-order valence-electron chi connectivity index (χ0n) is 16.8. The zero-order chi connectivity index (χ0) is 21.7. The Morgan fingerprint density at radius 2 is 1.93 bits per heavy atom. The third-order valence-electron chi connectivity index (χ3n) is 5.17. The molecule has 0 radical (unpaired) electrons. The number of carbonyl (C=O) groups excluding carboxylic acids is 2. The lowest BCUT2D eigenvalue weighted by Gasteiger charge is -2.32. The molecule has 1 atom stereocenters. The van der Waals surface area contributed by atoms with Crippen molar-refractivity contribution in [2.24, 2.45) is 5.92 Å². The van der Waals surface area contributed by atoms with Gasteiger partial charge in [-0.2, -0.15) is 18.3 Å². The molecule has 3 rings (SSSR count). The highest BCUT2D eigenvalue weighted by Crippen LogP contribution is 2.28. The van der Waals surface area contributed by atoms with Gasteiger partial charge in [0.1, 0.15) is 0 Å². The number of aromatic nitrogens is 2. The van der Waals surface area contributed by atoms with Crippen molar-refractivity contribution in [1.29, 1.82) is 0 Å². The van der Waals surface area contributed by atoms with Crippen LogP contribution in [0.15, 0.2) is 36.5 Å². The standard InChI is InChI=1S/C21H25F3N4O2/c1-2-3-11-25-19(29)16-5-4-12-27(14-16)20(30)15-6-8-17(9-7-15)28-13-10-18(26-28)21(22,23)24/h6-10,13,16H,2-5,11-12,14H2,1H3,(H,25,29)/t16-/m0/s1. The van der Waals surface area contributed by atoms with Gasteiger partial charge < -0.3 is 10.2 Å². The number of amides is 2. The Labute approximate surface area is 173 Å². The summed E-state index contributed by atoms with van der Waals surface area (Å²) in [5.41, 5.74) is -0.123. The number of hydrogen-bond donors (Lipinski definition) is 1. The summed E-state index contributed by atoms with van der Waals surface area (Å²) in [6.07, 6.45) is 0.154. The number of likely N-dealkylation sites (tertiary alicyclic amines) is 1. The van der Waals surface area contributed by atoms with Crippen molar-refractivity contribution in [2.75, 3.05) is 19.6 Å². The van der Waals surface area contributed by atoms with Crippen LogP contribution in [0, 0.1) is 5.92 Å². The van der Waals surface area contributed by atoms with Crippen LogP contribution >= 0.6 is 0 Å². The van der Waals surface area contributed by atoms with Crippen LogP contribution in [-0.4, -0.2) is 46.1 Å². The van der Waals surface area contributed by atoms with Gasteiger partial charge >= 0.3 is 6.18 Å². The molecule has 1 N–H and O–H groups in total. The Kier molecular flexibility index (Phi) is 6.79. The minimum Gasteiger partial charge on any atom is -0.356 e. The van der Waals surface area contributed by atoms with Crippen molar-refractivity contribution in [1.82, 2.24) is 20.0 Å². The van der Waals surface area contributed by atoms with Crippen LogP contribution < -0.4 is 5.32 Å². The number of nitrogens with zero attached hydrogens (tertiary/aromatic N) is 3. The Morgan fingerprint density at radius 1 is 1.20 bits per heavy atom. The van der Waals surface area contributed by atoms with E-state index in [1.165, 1.54) is 6.20 Å². The van der Waals surface area contributed by atoms with Gasteiger partial charge in [-0.05, 0) is 49.6 Å². The molecule has 2 amide bonds. The van der Waals surface area contributed by atoms with E-state index >= 15 is 0 Å². The van der Waals surface area contributed by atoms with E-state index < -0.39 is 11.9 Å². The summed E-state index contributed by atoms with van der Waals surface area (Å²) in [6.45, 7) is 3.64. The van der Waals surface area contributed by atoms with Gasteiger partial charge in [-0.15, -0.1) is 0 Å². The van der Waals surface area contributed by atoms with Crippen molar-refractivity contribution < 1.29 is 22.8 Å². The SMILES string of the molecule is CCCCNC(=O)[C@H]1CCCN(C(=O)c2ccc(-n3ccc(C(F)(F)F)n3)cc2)C1. The molecule has 1 aromatic carbocycles. The first-order chi connectivity index (χ1) is 14.3. The van der Waals surface area contributed by atoms with Crippen LogP contribution in [0.1, 0.15) is 48.7 Å². The summed E-state index contributed by atoms with van der Waals surface area (Å²) in [4.78, 5) is 26.8. The number of benzene rings is 1. The van der Waals surface area contributed by atoms with Gasteiger partial charge in [0, 0.05) is 31.4 Å². The Bertz CT molecular complexity index is 877. The lowest BCUT2D eigenvalue weighted by Crippen LogP contribution is -2.45. The summed E-state index contributed by atoms with van der Waals surface area (Å²) in [7, 11) is 0. The van der Waals surface area contributed by atoms with E-state index in [-0.39, 0.29) is 17.7 Å². The number of unbranched alkanes of at least 4 members (excludes halogenated alkanes) is 1. The molecule has 0 unspecified atom stereocenters. The average molecular weight is 422 g/mol. The largest absolute Gasteiger partial charge is 0.435 e. The van der Waals surface area contributed by atoms with Crippen molar-refractivity contribution in [3.05, 3.63) is 47.8 Å². The van der Waals surface area contributed by atoms with Crippen LogP contribution in [0.5, 0.6) is 0 Å². The van der Waals surface area contributed by atoms with Crippen LogP contribution in [0.4, 0.5) is 13.2 Å². The fourth-order valence-corrected chi connectivity index (χ4v) is 3.47. The molecule has 0 bridgehead atoms. The summed E-state index contributed by atoms with van der Waals surface area (Å²) in [5.74, 6) is -0.428. The van der Waals surface area contributed by atoms with Gasteiger partial charge in [0.05, 0.1) is 11.6 Å².